The molecular weight excluding hydrogens is 281 g/mol. The molecule has 20 heavy (non-hydrogen) atoms. The number of hydrogen-bond donors (Lipinski definition) is 1. The Labute approximate surface area is 122 Å². The maximum Gasteiger partial charge on any atom is 0.158 e. The Hall–Kier alpha value is -1.72. The van der Waals surface area contributed by atoms with Crippen LogP contribution in [-0.2, 0) is 11.3 Å². The topological polar surface area (TPSA) is 47.0 Å². The third kappa shape index (κ3) is 3.65. The lowest BCUT2D eigenvalue weighted by Crippen LogP contribution is -2.03. The molecule has 4 nitrogen and oxygen atoms in total. The molecule has 0 saturated heterocycles. The summed E-state index contributed by atoms with van der Waals surface area (Å²) >= 11 is 5.95. The molecule has 0 saturated carbocycles. The molecule has 2 rings (SSSR count). The van der Waals surface area contributed by atoms with Crippen LogP contribution in [0.15, 0.2) is 24.3 Å². The molecule has 1 aromatic heterocycles. The molecule has 1 heterocycles. The van der Waals surface area contributed by atoms with Crippen LogP contribution in [-0.4, -0.2) is 16.6 Å². The van der Waals surface area contributed by atoms with Gasteiger partial charge in [-0.3, -0.25) is 0 Å². The minimum Gasteiger partial charge on any atom is -0.374 e. The van der Waals surface area contributed by atoms with Crippen LogP contribution in [0.4, 0.5) is 15.9 Å². The van der Waals surface area contributed by atoms with Crippen molar-refractivity contribution in [1.82, 2.24) is 9.97 Å². The number of ether oxygens (including phenoxy) is 1. The summed E-state index contributed by atoms with van der Waals surface area (Å²) in [5, 5.41) is 3.35. The standard InChI is InChI=1S/C14H15ClFN3O/c1-3-20-8-14-18-12(15)7-13(19-14)17-11-6-4-5-10(16)9(11)2/h4-7H,3,8H2,1-2H3,(H,17,18,19). The Balaban J connectivity index is 2.24. The maximum atomic E-state index is 13.5. The molecule has 1 aromatic carbocycles. The van der Waals surface area contributed by atoms with Crippen molar-refractivity contribution in [2.75, 3.05) is 11.9 Å². The van der Waals surface area contributed by atoms with Gasteiger partial charge in [-0.2, -0.15) is 0 Å². The maximum absolute atomic E-state index is 13.5. The second-order valence-electron chi connectivity index (χ2n) is 4.17. The van der Waals surface area contributed by atoms with Gasteiger partial charge in [-0.1, -0.05) is 17.7 Å². The van der Waals surface area contributed by atoms with Crippen LogP contribution in [0.1, 0.15) is 18.3 Å². The van der Waals surface area contributed by atoms with Crippen LogP contribution in [0.3, 0.4) is 0 Å². The number of halogens is 2. The van der Waals surface area contributed by atoms with E-state index in [0.29, 0.717) is 34.7 Å². The van der Waals surface area contributed by atoms with Crippen molar-refractivity contribution < 1.29 is 9.13 Å². The first-order valence-corrected chi connectivity index (χ1v) is 6.61. The van der Waals surface area contributed by atoms with Crippen LogP contribution in [0, 0.1) is 12.7 Å². The minimum atomic E-state index is -0.273. The van der Waals surface area contributed by atoms with Gasteiger partial charge in [-0.25, -0.2) is 14.4 Å². The smallest absolute Gasteiger partial charge is 0.158 e. The molecule has 0 radical (unpaired) electrons. The van der Waals surface area contributed by atoms with Crippen molar-refractivity contribution in [1.29, 1.82) is 0 Å². The second-order valence-corrected chi connectivity index (χ2v) is 4.55. The summed E-state index contributed by atoms with van der Waals surface area (Å²) < 4.78 is 18.7. The Morgan fingerprint density at radius 2 is 2.15 bits per heavy atom. The average molecular weight is 296 g/mol. The van der Waals surface area contributed by atoms with Gasteiger partial charge in [0.1, 0.15) is 23.4 Å². The highest BCUT2D eigenvalue weighted by Gasteiger charge is 2.07. The van der Waals surface area contributed by atoms with Gasteiger partial charge in [0, 0.05) is 23.9 Å². The van der Waals surface area contributed by atoms with Crippen LogP contribution in [0.2, 0.25) is 5.15 Å². The van der Waals surface area contributed by atoms with E-state index in [1.807, 2.05) is 6.92 Å². The van der Waals surface area contributed by atoms with Crippen molar-refractivity contribution in [2.24, 2.45) is 0 Å². The SMILES string of the molecule is CCOCc1nc(Cl)cc(Nc2cccc(F)c2C)n1. The highest BCUT2D eigenvalue weighted by Crippen LogP contribution is 2.22. The minimum absolute atomic E-state index is 0.273. The van der Waals surface area contributed by atoms with Crippen molar-refractivity contribution in [3.05, 3.63) is 46.6 Å². The summed E-state index contributed by atoms with van der Waals surface area (Å²) in [6.07, 6.45) is 0. The van der Waals surface area contributed by atoms with Crippen LogP contribution >= 0.6 is 11.6 Å². The molecule has 0 aliphatic carbocycles. The van der Waals surface area contributed by atoms with Gasteiger partial charge in [0.05, 0.1) is 0 Å². The number of aromatic nitrogens is 2. The summed E-state index contributed by atoms with van der Waals surface area (Å²) in [6.45, 7) is 4.44. The first-order valence-electron chi connectivity index (χ1n) is 6.23. The molecule has 2 aromatic rings. The predicted molar refractivity (Wildman–Crippen MR) is 76.8 cm³/mol. The summed E-state index contributed by atoms with van der Waals surface area (Å²) in [5.41, 5.74) is 1.16. The monoisotopic (exact) mass is 295 g/mol. The molecule has 1 N–H and O–H groups in total. The molecule has 0 unspecified atom stereocenters. The van der Waals surface area contributed by atoms with Crippen LogP contribution in [0.5, 0.6) is 0 Å². The highest BCUT2D eigenvalue weighted by molar-refractivity contribution is 6.29. The van der Waals surface area contributed by atoms with Gasteiger partial charge in [0.25, 0.3) is 0 Å². The summed E-state index contributed by atoms with van der Waals surface area (Å²) in [7, 11) is 0. The van der Waals surface area contributed by atoms with Crippen LogP contribution in [0.25, 0.3) is 0 Å². The Morgan fingerprint density at radius 1 is 1.35 bits per heavy atom. The average Bonchev–Trinajstić information content (AvgIpc) is 2.41. The van der Waals surface area contributed by atoms with E-state index in [0.717, 1.165) is 0 Å². The Morgan fingerprint density at radius 3 is 2.90 bits per heavy atom. The number of hydrogen-bond acceptors (Lipinski definition) is 4. The van der Waals surface area contributed by atoms with E-state index in [1.165, 1.54) is 6.07 Å². The van der Waals surface area contributed by atoms with Crippen molar-refractivity contribution in [2.45, 2.75) is 20.5 Å². The van der Waals surface area contributed by atoms with Gasteiger partial charge < -0.3 is 10.1 Å². The fourth-order valence-corrected chi connectivity index (χ4v) is 1.87. The number of anilines is 2. The van der Waals surface area contributed by atoms with E-state index in [2.05, 4.69) is 15.3 Å². The largest absolute Gasteiger partial charge is 0.374 e. The number of benzene rings is 1. The Bertz CT molecular complexity index is 607. The zero-order valence-electron chi connectivity index (χ0n) is 11.3. The van der Waals surface area contributed by atoms with E-state index in [1.54, 1.807) is 25.1 Å². The number of nitrogens with zero attached hydrogens (tertiary/aromatic N) is 2. The fraction of sp³-hybridized carbons (Fsp3) is 0.286. The van der Waals surface area contributed by atoms with Gasteiger partial charge in [0.15, 0.2) is 5.82 Å². The highest BCUT2D eigenvalue weighted by atomic mass is 35.5. The summed E-state index contributed by atoms with van der Waals surface area (Å²) in [5.74, 6) is 0.717. The van der Waals surface area contributed by atoms with Gasteiger partial charge in [-0.05, 0) is 26.0 Å². The number of nitrogens with one attached hydrogen (secondary N) is 1. The Kier molecular flexibility index (Phi) is 4.87. The molecule has 6 heteroatoms. The molecule has 106 valence electrons. The molecule has 0 amide bonds. The molecule has 0 atom stereocenters. The first kappa shape index (κ1) is 14.7. The molecule has 0 bridgehead atoms. The second kappa shape index (κ2) is 6.63. The van der Waals surface area contributed by atoms with Crippen molar-refractivity contribution in [3.63, 3.8) is 0 Å². The molecule has 0 spiro atoms. The fourth-order valence-electron chi connectivity index (χ4n) is 1.67. The van der Waals surface area contributed by atoms with Gasteiger partial charge in [0.2, 0.25) is 0 Å². The summed E-state index contributed by atoms with van der Waals surface area (Å²) in [6, 6.07) is 6.40. The quantitative estimate of drug-likeness (QED) is 0.851. The molecule has 0 fully saturated rings. The van der Waals surface area contributed by atoms with E-state index in [9.17, 15) is 4.39 Å². The van der Waals surface area contributed by atoms with Crippen molar-refractivity contribution >= 4 is 23.1 Å². The van der Waals surface area contributed by atoms with E-state index < -0.39 is 0 Å². The summed E-state index contributed by atoms with van der Waals surface area (Å²) in [4.78, 5) is 8.35. The molecular formula is C14H15ClFN3O. The molecule has 0 aliphatic rings. The van der Waals surface area contributed by atoms with Gasteiger partial charge >= 0.3 is 0 Å². The lowest BCUT2D eigenvalue weighted by molar-refractivity contribution is 0.128. The normalized spacial score (nSPS) is 10.6. The van der Waals surface area contributed by atoms with Crippen molar-refractivity contribution in [3.8, 4) is 0 Å². The lowest BCUT2D eigenvalue weighted by Gasteiger charge is -2.10. The first-order chi connectivity index (χ1) is 9.60. The third-order valence-corrected chi connectivity index (χ3v) is 2.90. The van der Waals surface area contributed by atoms with E-state index in [-0.39, 0.29) is 12.4 Å². The van der Waals surface area contributed by atoms with Crippen LogP contribution < -0.4 is 5.32 Å². The lowest BCUT2D eigenvalue weighted by atomic mass is 10.2. The van der Waals surface area contributed by atoms with E-state index in [4.69, 9.17) is 16.3 Å². The van der Waals surface area contributed by atoms with Gasteiger partial charge in [-0.15, -0.1) is 0 Å². The molecule has 0 aliphatic heterocycles. The third-order valence-electron chi connectivity index (χ3n) is 2.71. The predicted octanol–water partition coefficient (Wildman–Crippen LogP) is 3.86. The van der Waals surface area contributed by atoms with E-state index >= 15 is 0 Å². The zero-order valence-corrected chi connectivity index (χ0v) is 12.0. The number of rotatable bonds is 5. The zero-order chi connectivity index (χ0) is 14.5.